The van der Waals surface area contributed by atoms with Gasteiger partial charge in [0.1, 0.15) is 5.82 Å². The molecule has 0 aliphatic carbocycles. The fraction of sp³-hybridized carbons (Fsp3) is 0.357. The number of pyridine rings is 1. The fourth-order valence-electron chi connectivity index (χ4n) is 1.68. The van der Waals surface area contributed by atoms with E-state index in [1.807, 2.05) is 12.3 Å². The first-order chi connectivity index (χ1) is 9.79. The quantitative estimate of drug-likeness (QED) is 0.813. The van der Waals surface area contributed by atoms with Crippen LogP contribution in [0.3, 0.4) is 0 Å². The summed E-state index contributed by atoms with van der Waals surface area (Å²) >= 11 is 3.46. The molecule has 0 bridgehead atoms. The lowest BCUT2D eigenvalue weighted by Gasteiger charge is -2.09. The fourth-order valence-corrected chi connectivity index (χ4v) is 2.02. The molecule has 2 rings (SSSR count). The predicted octanol–water partition coefficient (Wildman–Crippen LogP) is 3.11. The minimum Gasteiger partial charge on any atom is -0.369 e. The van der Waals surface area contributed by atoms with Crippen LogP contribution in [-0.2, 0) is 6.42 Å². The van der Waals surface area contributed by atoms with Crippen LogP contribution in [-0.4, -0.2) is 28.0 Å². The van der Waals surface area contributed by atoms with Gasteiger partial charge in [-0.05, 0) is 40.4 Å². The number of hydrogen-bond donors (Lipinski definition) is 2. The van der Waals surface area contributed by atoms with Crippen LogP contribution in [0.4, 0.5) is 11.8 Å². The van der Waals surface area contributed by atoms with E-state index in [9.17, 15) is 0 Å². The molecule has 0 radical (unpaired) electrons. The van der Waals surface area contributed by atoms with E-state index in [2.05, 4.69) is 54.5 Å². The van der Waals surface area contributed by atoms with E-state index < -0.39 is 0 Å². The maximum Gasteiger partial charge on any atom is 0.224 e. The first-order valence-electron chi connectivity index (χ1n) is 6.68. The van der Waals surface area contributed by atoms with Crippen molar-refractivity contribution in [3.05, 3.63) is 40.8 Å². The molecule has 0 aromatic carbocycles. The molecule has 2 aromatic heterocycles. The SMILES string of the molecule is CCCNc1ncc(Br)c(NCCc2cccnc2)n1. The van der Waals surface area contributed by atoms with E-state index in [0.717, 1.165) is 36.2 Å². The third-order valence-corrected chi connectivity index (χ3v) is 3.29. The van der Waals surface area contributed by atoms with Gasteiger partial charge in [-0.1, -0.05) is 13.0 Å². The van der Waals surface area contributed by atoms with Crippen LogP contribution < -0.4 is 10.6 Å². The molecule has 2 heterocycles. The van der Waals surface area contributed by atoms with Crippen LogP contribution >= 0.6 is 15.9 Å². The number of nitrogens with one attached hydrogen (secondary N) is 2. The van der Waals surface area contributed by atoms with Gasteiger partial charge in [-0.3, -0.25) is 4.98 Å². The summed E-state index contributed by atoms with van der Waals surface area (Å²) in [4.78, 5) is 12.8. The molecular weight excluding hydrogens is 318 g/mol. The van der Waals surface area contributed by atoms with Crippen LogP contribution in [0.1, 0.15) is 18.9 Å². The second kappa shape index (κ2) is 7.79. The highest BCUT2D eigenvalue weighted by Crippen LogP contribution is 2.20. The molecule has 2 aromatic rings. The molecule has 0 unspecified atom stereocenters. The molecule has 20 heavy (non-hydrogen) atoms. The summed E-state index contributed by atoms with van der Waals surface area (Å²) in [6.07, 6.45) is 7.37. The van der Waals surface area contributed by atoms with Crippen LogP contribution in [0, 0.1) is 0 Å². The van der Waals surface area contributed by atoms with E-state index in [0.29, 0.717) is 5.95 Å². The lowest BCUT2D eigenvalue weighted by molar-refractivity contribution is 0.943. The zero-order chi connectivity index (χ0) is 14.2. The third kappa shape index (κ3) is 4.45. The molecule has 0 amide bonds. The van der Waals surface area contributed by atoms with Gasteiger partial charge in [0.05, 0.1) is 4.47 Å². The van der Waals surface area contributed by atoms with Crippen molar-refractivity contribution in [3.8, 4) is 0 Å². The maximum absolute atomic E-state index is 4.45. The number of anilines is 2. The van der Waals surface area contributed by atoms with Crippen molar-refractivity contribution in [3.63, 3.8) is 0 Å². The molecule has 0 aliphatic heterocycles. The highest BCUT2D eigenvalue weighted by atomic mass is 79.9. The summed E-state index contributed by atoms with van der Waals surface area (Å²) in [6, 6.07) is 4.01. The molecular formula is C14H18BrN5. The van der Waals surface area contributed by atoms with Gasteiger partial charge < -0.3 is 10.6 Å². The van der Waals surface area contributed by atoms with Crippen molar-refractivity contribution in [2.24, 2.45) is 0 Å². The Bertz CT molecular complexity index is 532. The van der Waals surface area contributed by atoms with Gasteiger partial charge in [0, 0.05) is 31.7 Å². The van der Waals surface area contributed by atoms with E-state index in [1.54, 1.807) is 12.4 Å². The first kappa shape index (κ1) is 14.7. The topological polar surface area (TPSA) is 62.7 Å². The molecule has 6 heteroatoms. The summed E-state index contributed by atoms with van der Waals surface area (Å²) in [5.74, 6) is 1.46. The van der Waals surface area contributed by atoms with E-state index in [-0.39, 0.29) is 0 Å². The van der Waals surface area contributed by atoms with Crippen molar-refractivity contribution in [1.29, 1.82) is 0 Å². The Labute approximate surface area is 127 Å². The molecule has 0 saturated carbocycles. The second-order valence-electron chi connectivity index (χ2n) is 4.35. The monoisotopic (exact) mass is 335 g/mol. The van der Waals surface area contributed by atoms with Gasteiger partial charge in [-0.15, -0.1) is 0 Å². The summed E-state index contributed by atoms with van der Waals surface area (Å²) in [5.41, 5.74) is 1.20. The summed E-state index contributed by atoms with van der Waals surface area (Å²) in [7, 11) is 0. The normalized spacial score (nSPS) is 10.3. The van der Waals surface area contributed by atoms with E-state index in [1.165, 1.54) is 5.56 Å². The average Bonchev–Trinajstić information content (AvgIpc) is 2.49. The molecule has 2 N–H and O–H groups in total. The number of aromatic nitrogens is 3. The van der Waals surface area contributed by atoms with Gasteiger partial charge in [-0.2, -0.15) is 4.98 Å². The Morgan fingerprint density at radius 1 is 1.20 bits per heavy atom. The van der Waals surface area contributed by atoms with Crippen LogP contribution in [0.2, 0.25) is 0 Å². The highest BCUT2D eigenvalue weighted by molar-refractivity contribution is 9.10. The maximum atomic E-state index is 4.45. The zero-order valence-corrected chi connectivity index (χ0v) is 13.0. The summed E-state index contributed by atoms with van der Waals surface area (Å²) in [6.45, 7) is 3.78. The molecule has 0 spiro atoms. The van der Waals surface area contributed by atoms with Crippen molar-refractivity contribution in [2.75, 3.05) is 23.7 Å². The van der Waals surface area contributed by atoms with Gasteiger partial charge in [0.15, 0.2) is 0 Å². The number of hydrogen-bond acceptors (Lipinski definition) is 5. The van der Waals surface area contributed by atoms with Crippen LogP contribution in [0.15, 0.2) is 35.2 Å². The van der Waals surface area contributed by atoms with Gasteiger partial charge >= 0.3 is 0 Å². The second-order valence-corrected chi connectivity index (χ2v) is 5.21. The standard InChI is InChI=1S/C14H18BrN5/c1-2-6-18-14-19-10-12(15)13(20-14)17-8-5-11-4-3-7-16-9-11/h3-4,7,9-10H,2,5-6,8H2,1H3,(H2,17,18,19,20). The van der Waals surface area contributed by atoms with E-state index >= 15 is 0 Å². The highest BCUT2D eigenvalue weighted by Gasteiger charge is 2.04. The van der Waals surface area contributed by atoms with Gasteiger partial charge in [-0.25, -0.2) is 4.98 Å². The van der Waals surface area contributed by atoms with Gasteiger partial charge in [0.25, 0.3) is 0 Å². The molecule has 0 atom stereocenters. The Balaban J connectivity index is 1.91. The number of halogens is 1. The molecule has 0 aliphatic rings. The van der Waals surface area contributed by atoms with Crippen LogP contribution in [0.25, 0.3) is 0 Å². The summed E-state index contributed by atoms with van der Waals surface area (Å²) < 4.78 is 0.866. The average molecular weight is 336 g/mol. The smallest absolute Gasteiger partial charge is 0.224 e. The number of nitrogens with zero attached hydrogens (tertiary/aromatic N) is 3. The summed E-state index contributed by atoms with van der Waals surface area (Å²) in [5, 5.41) is 6.49. The molecule has 0 saturated heterocycles. The predicted molar refractivity (Wildman–Crippen MR) is 84.9 cm³/mol. The first-order valence-corrected chi connectivity index (χ1v) is 7.48. The zero-order valence-electron chi connectivity index (χ0n) is 11.4. The Morgan fingerprint density at radius 2 is 2.10 bits per heavy atom. The Hall–Kier alpha value is -1.69. The lowest BCUT2D eigenvalue weighted by Crippen LogP contribution is -2.10. The molecule has 106 valence electrons. The van der Waals surface area contributed by atoms with Gasteiger partial charge in [0.2, 0.25) is 5.95 Å². The van der Waals surface area contributed by atoms with Crippen molar-refractivity contribution in [1.82, 2.24) is 15.0 Å². The lowest BCUT2D eigenvalue weighted by atomic mass is 10.2. The molecule has 0 fully saturated rings. The largest absolute Gasteiger partial charge is 0.369 e. The van der Waals surface area contributed by atoms with Crippen molar-refractivity contribution < 1.29 is 0 Å². The van der Waals surface area contributed by atoms with E-state index in [4.69, 9.17) is 0 Å². The number of rotatable bonds is 7. The van der Waals surface area contributed by atoms with Crippen molar-refractivity contribution >= 4 is 27.7 Å². The van der Waals surface area contributed by atoms with Crippen molar-refractivity contribution in [2.45, 2.75) is 19.8 Å². The molecule has 5 nitrogen and oxygen atoms in total. The minimum atomic E-state index is 0.652. The third-order valence-electron chi connectivity index (χ3n) is 2.71. The Kier molecular flexibility index (Phi) is 5.73. The minimum absolute atomic E-state index is 0.652. The van der Waals surface area contributed by atoms with Crippen LogP contribution in [0.5, 0.6) is 0 Å². The Morgan fingerprint density at radius 3 is 2.85 bits per heavy atom.